The number of unbranched alkanes of at least 4 members (excludes halogenated alkanes) is 1. The Kier molecular flexibility index (Phi) is 7.48. The third-order valence-electron chi connectivity index (χ3n) is 4.34. The molecule has 2 rings (SSSR count). The van der Waals surface area contributed by atoms with E-state index < -0.39 is 5.92 Å². The normalized spacial score (nSPS) is 12.9. The van der Waals surface area contributed by atoms with Crippen molar-refractivity contribution in [3.05, 3.63) is 54.1 Å². The summed E-state index contributed by atoms with van der Waals surface area (Å²) in [5, 5.41) is 2.94. The van der Waals surface area contributed by atoms with Crippen LogP contribution < -0.4 is 20.5 Å². The molecule has 0 aliphatic heterocycles. The molecule has 0 fully saturated rings. The first-order chi connectivity index (χ1) is 12.6. The number of rotatable bonds is 9. The summed E-state index contributed by atoms with van der Waals surface area (Å²) in [7, 11) is 1.59. The monoisotopic (exact) mass is 356 g/mol. The van der Waals surface area contributed by atoms with E-state index in [0.29, 0.717) is 23.8 Å². The molecule has 2 aromatic rings. The van der Waals surface area contributed by atoms with E-state index in [1.165, 1.54) is 0 Å². The lowest BCUT2D eigenvalue weighted by Crippen LogP contribution is -2.30. The summed E-state index contributed by atoms with van der Waals surface area (Å²) < 4.78 is 11.1. The van der Waals surface area contributed by atoms with E-state index in [4.69, 9.17) is 15.2 Å². The maximum atomic E-state index is 12.7. The lowest BCUT2D eigenvalue weighted by atomic mass is 9.94. The summed E-state index contributed by atoms with van der Waals surface area (Å²) in [4.78, 5) is 12.7. The van der Waals surface area contributed by atoms with Gasteiger partial charge in [-0.15, -0.1) is 0 Å². The first-order valence-electron chi connectivity index (χ1n) is 8.99. The molecule has 0 aliphatic rings. The van der Waals surface area contributed by atoms with Crippen LogP contribution in [0, 0.1) is 5.92 Å². The number of nitrogens with two attached hydrogens (primary N) is 1. The van der Waals surface area contributed by atoms with Gasteiger partial charge in [0.15, 0.2) is 0 Å². The number of carbonyl (C=O) groups excluding carboxylic acids is 1. The molecule has 2 aromatic carbocycles. The Balaban J connectivity index is 2.13. The zero-order chi connectivity index (χ0) is 18.9. The van der Waals surface area contributed by atoms with Crippen LogP contribution in [0.1, 0.15) is 38.3 Å². The van der Waals surface area contributed by atoms with E-state index in [9.17, 15) is 4.79 Å². The van der Waals surface area contributed by atoms with E-state index in [-0.39, 0.29) is 11.9 Å². The summed E-state index contributed by atoms with van der Waals surface area (Å²) in [5.74, 6) is 0.735. The van der Waals surface area contributed by atoms with Gasteiger partial charge in [-0.3, -0.25) is 4.79 Å². The smallest absolute Gasteiger partial charge is 0.229 e. The van der Waals surface area contributed by atoms with Gasteiger partial charge in [-0.05, 0) is 24.1 Å². The fourth-order valence-electron chi connectivity index (χ4n) is 2.56. The largest absolute Gasteiger partial charge is 0.497 e. The van der Waals surface area contributed by atoms with Gasteiger partial charge in [-0.2, -0.15) is 0 Å². The molecule has 140 valence electrons. The summed E-state index contributed by atoms with van der Waals surface area (Å²) in [6.07, 6.45) is 2.00. The molecule has 2 unspecified atom stereocenters. The topological polar surface area (TPSA) is 73.6 Å². The molecule has 3 N–H and O–H groups in total. The number of benzene rings is 2. The Morgan fingerprint density at radius 1 is 1.19 bits per heavy atom. The van der Waals surface area contributed by atoms with E-state index in [0.717, 1.165) is 18.4 Å². The maximum Gasteiger partial charge on any atom is 0.229 e. The molecule has 1 amide bonds. The van der Waals surface area contributed by atoms with Crippen LogP contribution in [0.3, 0.4) is 0 Å². The molecule has 26 heavy (non-hydrogen) atoms. The Bertz CT molecular complexity index is 704. The lowest BCUT2D eigenvalue weighted by molar-refractivity contribution is -0.120. The summed E-state index contributed by atoms with van der Waals surface area (Å²) in [6, 6.07) is 14.6. The maximum absolute atomic E-state index is 12.7. The average molecular weight is 356 g/mol. The third kappa shape index (κ3) is 5.23. The van der Waals surface area contributed by atoms with Crippen molar-refractivity contribution < 1.29 is 14.3 Å². The van der Waals surface area contributed by atoms with E-state index in [2.05, 4.69) is 12.2 Å². The van der Waals surface area contributed by atoms with Gasteiger partial charge < -0.3 is 20.5 Å². The summed E-state index contributed by atoms with van der Waals surface area (Å²) >= 11 is 0. The van der Waals surface area contributed by atoms with Crippen LogP contribution in [0.4, 0.5) is 5.69 Å². The van der Waals surface area contributed by atoms with Crippen molar-refractivity contribution in [3.8, 4) is 11.5 Å². The van der Waals surface area contributed by atoms with Crippen molar-refractivity contribution in [2.24, 2.45) is 11.7 Å². The number of anilines is 1. The van der Waals surface area contributed by atoms with Crippen LogP contribution in [-0.4, -0.2) is 19.6 Å². The fourth-order valence-corrected chi connectivity index (χ4v) is 2.56. The quantitative estimate of drug-likeness (QED) is 0.662. The molecular formula is C21H28N2O3. The minimum atomic E-state index is -0.396. The zero-order valence-electron chi connectivity index (χ0n) is 15.7. The Morgan fingerprint density at radius 2 is 1.92 bits per heavy atom. The summed E-state index contributed by atoms with van der Waals surface area (Å²) in [6.45, 7) is 4.53. The summed E-state index contributed by atoms with van der Waals surface area (Å²) in [5.41, 5.74) is 7.79. The number of methoxy groups -OCH3 is 1. The number of amides is 1. The van der Waals surface area contributed by atoms with Crippen molar-refractivity contribution in [1.29, 1.82) is 0 Å². The lowest BCUT2D eigenvalue weighted by Gasteiger charge is -2.21. The number of hydrogen-bond donors (Lipinski definition) is 2. The van der Waals surface area contributed by atoms with Crippen LogP contribution >= 0.6 is 0 Å². The standard InChI is InChI=1S/C21H28N2O3/c1-4-5-13-26-19-12-11-17(25-3)14-18(19)23-21(24)15(2)20(22)16-9-7-6-8-10-16/h6-12,14-15,20H,4-5,13,22H2,1-3H3,(H,23,24). The van der Waals surface area contributed by atoms with E-state index in [1.54, 1.807) is 13.2 Å². The third-order valence-corrected chi connectivity index (χ3v) is 4.34. The Labute approximate surface area is 155 Å². The minimum Gasteiger partial charge on any atom is -0.497 e. The predicted octanol–water partition coefficient (Wildman–Crippen LogP) is 4.15. The number of ether oxygens (including phenoxy) is 2. The van der Waals surface area contributed by atoms with Gasteiger partial charge in [0.05, 0.1) is 25.3 Å². The molecule has 5 nitrogen and oxygen atoms in total. The molecule has 5 heteroatoms. The van der Waals surface area contributed by atoms with Crippen LogP contribution in [0.2, 0.25) is 0 Å². The van der Waals surface area contributed by atoms with Gasteiger partial charge in [-0.1, -0.05) is 50.6 Å². The first-order valence-corrected chi connectivity index (χ1v) is 8.99. The highest BCUT2D eigenvalue weighted by molar-refractivity contribution is 5.94. The van der Waals surface area contributed by atoms with Crippen molar-refractivity contribution in [2.75, 3.05) is 19.0 Å². The van der Waals surface area contributed by atoms with Gasteiger partial charge in [0.2, 0.25) is 5.91 Å². The van der Waals surface area contributed by atoms with Gasteiger partial charge in [0.25, 0.3) is 0 Å². The van der Waals surface area contributed by atoms with E-state index in [1.807, 2.05) is 49.4 Å². The van der Waals surface area contributed by atoms with E-state index >= 15 is 0 Å². The zero-order valence-corrected chi connectivity index (χ0v) is 15.7. The van der Waals surface area contributed by atoms with Gasteiger partial charge in [0, 0.05) is 12.1 Å². The molecule has 0 radical (unpaired) electrons. The molecular weight excluding hydrogens is 328 g/mol. The SMILES string of the molecule is CCCCOc1ccc(OC)cc1NC(=O)C(C)C(N)c1ccccc1. The highest BCUT2D eigenvalue weighted by atomic mass is 16.5. The fraction of sp³-hybridized carbons (Fsp3) is 0.381. The molecule has 0 bridgehead atoms. The molecule has 0 aliphatic carbocycles. The molecule has 2 atom stereocenters. The Morgan fingerprint density at radius 3 is 2.58 bits per heavy atom. The highest BCUT2D eigenvalue weighted by Crippen LogP contribution is 2.31. The van der Waals surface area contributed by atoms with Crippen LogP contribution in [0.5, 0.6) is 11.5 Å². The van der Waals surface area contributed by atoms with Crippen LogP contribution in [0.25, 0.3) is 0 Å². The number of carbonyl (C=O) groups is 1. The molecule has 0 heterocycles. The molecule has 0 aromatic heterocycles. The van der Waals surface area contributed by atoms with Gasteiger partial charge >= 0.3 is 0 Å². The number of hydrogen-bond acceptors (Lipinski definition) is 4. The van der Waals surface area contributed by atoms with Crippen molar-refractivity contribution in [3.63, 3.8) is 0 Å². The minimum absolute atomic E-state index is 0.157. The van der Waals surface area contributed by atoms with Crippen molar-refractivity contribution in [1.82, 2.24) is 0 Å². The molecule has 0 saturated carbocycles. The van der Waals surface area contributed by atoms with Crippen molar-refractivity contribution in [2.45, 2.75) is 32.7 Å². The number of nitrogens with one attached hydrogen (secondary N) is 1. The van der Waals surface area contributed by atoms with Crippen LogP contribution in [-0.2, 0) is 4.79 Å². The second kappa shape index (κ2) is 9.82. The van der Waals surface area contributed by atoms with Gasteiger partial charge in [0.1, 0.15) is 11.5 Å². The van der Waals surface area contributed by atoms with Gasteiger partial charge in [-0.25, -0.2) is 0 Å². The molecule has 0 saturated heterocycles. The predicted molar refractivity (Wildman–Crippen MR) is 105 cm³/mol. The second-order valence-corrected chi connectivity index (χ2v) is 6.28. The molecule has 0 spiro atoms. The second-order valence-electron chi connectivity index (χ2n) is 6.28. The highest BCUT2D eigenvalue weighted by Gasteiger charge is 2.23. The first kappa shape index (κ1) is 19.8. The van der Waals surface area contributed by atoms with Crippen molar-refractivity contribution >= 4 is 11.6 Å². The Hall–Kier alpha value is -2.53. The average Bonchev–Trinajstić information content (AvgIpc) is 2.68. The van der Waals surface area contributed by atoms with Crippen LogP contribution in [0.15, 0.2) is 48.5 Å².